The zero-order valence-electron chi connectivity index (χ0n) is 10.7. The van der Waals surface area contributed by atoms with E-state index in [0.29, 0.717) is 19.4 Å². The standard InChI is InChI=1S/C13H18N2O2S/c1-9(2)15-8-10(6-13(15)17)14-12(16)7-11-4-3-5-18-11/h3-5,9-10H,6-8H2,1-2H3,(H,14,16). The fourth-order valence-corrected chi connectivity index (χ4v) is 2.88. The third-order valence-corrected chi connectivity index (χ3v) is 3.94. The lowest BCUT2D eigenvalue weighted by molar-refractivity contribution is -0.129. The fourth-order valence-electron chi connectivity index (χ4n) is 2.18. The van der Waals surface area contributed by atoms with Crippen LogP contribution >= 0.6 is 11.3 Å². The molecule has 1 aromatic heterocycles. The highest BCUT2D eigenvalue weighted by atomic mass is 32.1. The van der Waals surface area contributed by atoms with Gasteiger partial charge in [0.25, 0.3) is 0 Å². The van der Waals surface area contributed by atoms with E-state index in [1.54, 1.807) is 11.3 Å². The molecule has 1 saturated heterocycles. The molecule has 1 aliphatic rings. The molecule has 1 aromatic rings. The maximum Gasteiger partial charge on any atom is 0.225 e. The molecule has 18 heavy (non-hydrogen) atoms. The van der Waals surface area contributed by atoms with Gasteiger partial charge in [-0.1, -0.05) is 6.07 Å². The number of thiophene rings is 1. The van der Waals surface area contributed by atoms with Crippen molar-refractivity contribution in [2.24, 2.45) is 0 Å². The van der Waals surface area contributed by atoms with Crippen molar-refractivity contribution >= 4 is 23.2 Å². The maximum absolute atomic E-state index is 11.8. The summed E-state index contributed by atoms with van der Waals surface area (Å²) >= 11 is 1.58. The molecule has 98 valence electrons. The van der Waals surface area contributed by atoms with Crippen LogP contribution in [0, 0.1) is 0 Å². The molecule has 1 N–H and O–H groups in total. The Bertz CT molecular complexity index is 428. The second-order valence-electron chi connectivity index (χ2n) is 4.86. The van der Waals surface area contributed by atoms with Crippen molar-refractivity contribution in [2.75, 3.05) is 6.54 Å². The van der Waals surface area contributed by atoms with Crippen LogP contribution in [0.2, 0.25) is 0 Å². The molecule has 5 heteroatoms. The minimum Gasteiger partial charge on any atom is -0.351 e. The van der Waals surface area contributed by atoms with E-state index in [1.807, 2.05) is 36.3 Å². The van der Waals surface area contributed by atoms with Crippen molar-refractivity contribution in [3.63, 3.8) is 0 Å². The number of hydrogen-bond donors (Lipinski definition) is 1. The first-order valence-electron chi connectivity index (χ1n) is 6.17. The number of nitrogens with zero attached hydrogens (tertiary/aromatic N) is 1. The Morgan fingerprint density at radius 2 is 2.39 bits per heavy atom. The van der Waals surface area contributed by atoms with Crippen LogP contribution < -0.4 is 5.32 Å². The summed E-state index contributed by atoms with van der Waals surface area (Å²) < 4.78 is 0. The molecule has 2 rings (SSSR count). The Balaban J connectivity index is 1.84. The normalized spacial score (nSPS) is 19.6. The Labute approximate surface area is 111 Å². The molecule has 2 amide bonds. The monoisotopic (exact) mass is 266 g/mol. The summed E-state index contributed by atoms with van der Waals surface area (Å²) in [6.07, 6.45) is 0.832. The van der Waals surface area contributed by atoms with E-state index in [4.69, 9.17) is 0 Å². The van der Waals surface area contributed by atoms with Crippen LogP contribution in [0.4, 0.5) is 0 Å². The summed E-state index contributed by atoms with van der Waals surface area (Å²) in [5, 5.41) is 4.90. The van der Waals surface area contributed by atoms with Crippen molar-refractivity contribution in [1.29, 1.82) is 0 Å². The van der Waals surface area contributed by atoms with Gasteiger partial charge in [-0.25, -0.2) is 0 Å². The molecule has 1 aliphatic heterocycles. The van der Waals surface area contributed by atoms with E-state index < -0.39 is 0 Å². The summed E-state index contributed by atoms with van der Waals surface area (Å²) in [5.41, 5.74) is 0. The van der Waals surface area contributed by atoms with E-state index in [2.05, 4.69) is 5.32 Å². The molecule has 1 atom stereocenters. The average Bonchev–Trinajstić information content (AvgIpc) is 2.88. The molecule has 0 aromatic carbocycles. The third-order valence-electron chi connectivity index (χ3n) is 3.06. The lowest BCUT2D eigenvalue weighted by atomic mass is 10.2. The highest BCUT2D eigenvalue weighted by Gasteiger charge is 2.31. The lowest BCUT2D eigenvalue weighted by Gasteiger charge is -2.21. The molecule has 0 bridgehead atoms. The Hall–Kier alpha value is -1.36. The molecular formula is C13H18N2O2S. The number of amides is 2. The molecule has 1 unspecified atom stereocenters. The number of likely N-dealkylation sites (tertiary alicyclic amines) is 1. The van der Waals surface area contributed by atoms with Crippen molar-refractivity contribution in [1.82, 2.24) is 10.2 Å². The Morgan fingerprint density at radius 3 is 2.94 bits per heavy atom. The van der Waals surface area contributed by atoms with Gasteiger partial charge in [0.15, 0.2) is 0 Å². The first-order chi connectivity index (χ1) is 8.56. The Kier molecular flexibility index (Phi) is 4.01. The zero-order valence-corrected chi connectivity index (χ0v) is 11.5. The smallest absolute Gasteiger partial charge is 0.225 e. The third kappa shape index (κ3) is 3.10. The number of rotatable bonds is 4. The van der Waals surface area contributed by atoms with Gasteiger partial charge in [0.2, 0.25) is 11.8 Å². The first kappa shape index (κ1) is 13.1. The minimum atomic E-state index is -0.0348. The minimum absolute atomic E-state index is 0.000793. The molecule has 0 radical (unpaired) electrons. The second kappa shape index (κ2) is 5.52. The van der Waals surface area contributed by atoms with Crippen LogP contribution in [-0.4, -0.2) is 35.3 Å². The SMILES string of the molecule is CC(C)N1CC(NC(=O)Cc2cccs2)CC1=O. The van der Waals surface area contributed by atoms with Gasteiger partial charge in [-0.2, -0.15) is 0 Å². The van der Waals surface area contributed by atoms with E-state index >= 15 is 0 Å². The zero-order chi connectivity index (χ0) is 13.1. The van der Waals surface area contributed by atoms with E-state index in [0.717, 1.165) is 4.88 Å². The number of carbonyl (C=O) groups is 2. The van der Waals surface area contributed by atoms with Gasteiger partial charge in [0.05, 0.1) is 12.5 Å². The van der Waals surface area contributed by atoms with E-state index in [1.165, 1.54) is 0 Å². The number of hydrogen-bond acceptors (Lipinski definition) is 3. The fraction of sp³-hybridized carbons (Fsp3) is 0.538. The van der Waals surface area contributed by atoms with Crippen molar-refractivity contribution < 1.29 is 9.59 Å². The van der Waals surface area contributed by atoms with Gasteiger partial charge < -0.3 is 10.2 Å². The quantitative estimate of drug-likeness (QED) is 0.896. The van der Waals surface area contributed by atoms with Gasteiger partial charge in [0, 0.05) is 23.9 Å². The summed E-state index contributed by atoms with van der Waals surface area (Å²) in [7, 11) is 0. The number of carbonyl (C=O) groups excluding carboxylic acids is 2. The predicted molar refractivity (Wildman–Crippen MR) is 71.4 cm³/mol. The molecule has 1 fully saturated rings. The topological polar surface area (TPSA) is 49.4 Å². The van der Waals surface area contributed by atoms with Crippen molar-refractivity contribution in [2.45, 2.75) is 38.8 Å². The number of nitrogens with one attached hydrogen (secondary N) is 1. The van der Waals surface area contributed by atoms with Gasteiger partial charge in [-0.3, -0.25) is 9.59 Å². The first-order valence-corrected chi connectivity index (χ1v) is 7.05. The Morgan fingerprint density at radius 1 is 1.61 bits per heavy atom. The van der Waals surface area contributed by atoms with Gasteiger partial charge >= 0.3 is 0 Å². The molecule has 0 saturated carbocycles. The van der Waals surface area contributed by atoms with Crippen molar-refractivity contribution in [3.05, 3.63) is 22.4 Å². The lowest BCUT2D eigenvalue weighted by Crippen LogP contribution is -2.39. The average molecular weight is 266 g/mol. The summed E-state index contributed by atoms with van der Waals surface area (Å²) in [5.74, 6) is 0.132. The van der Waals surface area contributed by atoms with E-state index in [9.17, 15) is 9.59 Å². The van der Waals surface area contributed by atoms with E-state index in [-0.39, 0.29) is 23.9 Å². The molecule has 2 heterocycles. The van der Waals surface area contributed by atoms with Gasteiger partial charge in [0.1, 0.15) is 0 Å². The van der Waals surface area contributed by atoms with Crippen LogP contribution in [0.3, 0.4) is 0 Å². The second-order valence-corrected chi connectivity index (χ2v) is 5.90. The summed E-state index contributed by atoms with van der Waals surface area (Å²) in [4.78, 5) is 26.4. The predicted octanol–water partition coefficient (Wildman–Crippen LogP) is 1.42. The van der Waals surface area contributed by atoms with Crippen LogP contribution in [0.25, 0.3) is 0 Å². The highest BCUT2D eigenvalue weighted by Crippen LogP contribution is 2.15. The van der Waals surface area contributed by atoms with Crippen LogP contribution in [0.5, 0.6) is 0 Å². The van der Waals surface area contributed by atoms with Crippen LogP contribution in [0.1, 0.15) is 25.1 Å². The summed E-state index contributed by atoms with van der Waals surface area (Å²) in [6.45, 7) is 4.62. The largest absolute Gasteiger partial charge is 0.351 e. The molecule has 4 nitrogen and oxygen atoms in total. The van der Waals surface area contributed by atoms with Crippen LogP contribution in [0.15, 0.2) is 17.5 Å². The molecule has 0 spiro atoms. The maximum atomic E-state index is 11.8. The summed E-state index contributed by atoms with van der Waals surface area (Å²) in [6, 6.07) is 4.06. The van der Waals surface area contributed by atoms with Gasteiger partial charge in [-0.15, -0.1) is 11.3 Å². The van der Waals surface area contributed by atoms with Gasteiger partial charge in [-0.05, 0) is 25.3 Å². The highest BCUT2D eigenvalue weighted by molar-refractivity contribution is 7.10. The molecular weight excluding hydrogens is 248 g/mol. The van der Waals surface area contributed by atoms with Crippen LogP contribution in [-0.2, 0) is 16.0 Å². The molecule has 0 aliphatic carbocycles. The van der Waals surface area contributed by atoms with Crippen molar-refractivity contribution in [3.8, 4) is 0 Å².